The minimum atomic E-state index is -0.948. The van der Waals surface area contributed by atoms with Crippen molar-refractivity contribution in [3.63, 3.8) is 0 Å². The number of aryl methyl sites for hydroxylation is 3. The number of ether oxygens (including phenoxy) is 1. The molecule has 0 aliphatic heterocycles. The van der Waals surface area contributed by atoms with E-state index in [0.29, 0.717) is 23.9 Å². The molecule has 0 spiro atoms. The second-order valence-corrected chi connectivity index (χ2v) is 9.37. The molecular weight excluding hydrogens is 382 g/mol. The quantitative estimate of drug-likeness (QED) is 0.232. The van der Waals surface area contributed by atoms with Crippen LogP contribution in [0.5, 0.6) is 0 Å². The number of carboxylic acids is 1. The lowest BCUT2D eigenvalue weighted by Crippen LogP contribution is -2.43. The standard InChI is InChI=1S/C24H41NO5/c1-6-7-8-9-10-13-20-16-19(2)22(29-20)14-11-12-15-24(28)30-21(17-23(26)27)18-25(3,4)5/h16,21H,6-15,17-18H2,1-5H3/p+1. The van der Waals surface area contributed by atoms with Crippen molar-refractivity contribution < 1.29 is 28.3 Å². The van der Waals surface area contributed by atoms with E-state index in [2.05, 4.69) is 19.9 Å². The molecule has 0 amide bonds. The van der Waals surface area contributed by atoms with Crippen LogP contribution in [0, 0.1) is 6.92 Å². The van der Waals surface area contributed by atoms with Gasteiger partial charge in [-0.25, -0.2) is 0 Å². The van der Waals surface area contributed by atoms with Crippen molar-refractivity contribution in [2.24, 2.45) is 0 Å². The molecule has 0 saturated carbocycles. The summed E-state index contributed by atoms with van der Waals surface area (Å²) in [5.41, 5.74) is 1.19. The van der Waals surface area contributed by atoms with Crippen LogP contribution in [-0.2, 0) is 27.2 Å². The predicted octanol–water partition coefficient (Wildman–Crippen LogP) is 4.91. The highest BCUT2D eigenvalue weighted by molar-refractivity contribution is 5.71. The Balaban J connectivity index is 2.34. The maximum atomic E-state index is 12.2. The fraction of sp³-hybridized carbons (Fsp3) is 0.750. The Hall–Kier alpha value is -1.82. The number of likely N-dealkylation sites (N-methyl/N-ethyl adjacent to an activating group) is 1. The molecule has 172 valence electrons. The second kappa shape index (κ2) is 13.5. The minimum Gasteiger partial charge on any atom is -0.481 e. The average Bonchev–Trinajstić information content (AvgIpc) is 2.96. The maximum absolute atomic E-state index is 12.2. The van der Waals surface area contributed by atoms with Crippen LogP contribution in [0.2, 0.25) is 0 Å². The van der Waals surface area contributed by atoms with Crippen LogP contribution in [0.15, 0.2) is 10.5 Å². The van der Waals surface area contributed by atoms with Crippen LogP contribution in [0.25, 0.3) is 0 Å². The van der Waals surface area contributed by atoms with Crippen molar-refractivity contribution in [2.75, 3.05) is 27.7 Å². The minimum absolute atomic E-state index is 0.159. The zero-order chi connectivity index (χ0) is 22.6. The van der Waals surface area contributed by atoms with Crippen molar-refractivity contribution in [1.29, 1.82) is 0 Å². The van der Waals surface area contributed by atoms with E-state index in [1.807, 2.05) is 21.1 Å². The summed E-state index contributed by atoms with van der Waals surface area (Å²) < 4.78 is 12.0. The van der Waals surface area contributed by atoms with Crippen molar-refractivity contribution in [3.8, 4) is 0 Å². The zero-order valence-corrected chi connectivity index (χ0v) is 19.7. The third-order valence-electron chi connectivity index (χ3n) is 5.08. The third-order valence-corrected chi connectivity index (χ3v) is 5.08. The van der Waals surface area contributed by atoms with Crippen molar-refractivity contribution in [3.05, 3.63) is 23.2 Å². The van der Waals surface area contributed by atoms with E-state index in [0.717, 1.165) is 30.8 Å². The summed E-state index contributed by atoms with van der Waals surface area (Å²) in [5, 5.41) is 9.05. The topological polar surface area (TPSA) is 76.7 Å². The van der Waals surface area contributed by atoms with E-state index >= 15 is 0 Å². The predicted molar refractivity (Wildman–Crippen MR) is 118 cm³/mol. The van der Waals surface area contributed by atoms with E-state index in [9.17, 15) is 9.59 Å². The summed E-state index contributed by atoms with van der Waals surface area (Å²) in [5.74, 6) is 0.810. The van der Waals surface area contributed by atoms with E-state index in [4.69, 9.17) is 14.3 Å². The molecule has 0 aliphatic rings. The van der Waals surface area contributed by atoms with Gasteiger partial charge in [-0.05, 0) is 37.8 Å². The lowest BCUT2D eigenvalue weighted by atomic mass is 10.1. The van der Waals surface area contributed by atoms with Crippen LogP contribution in [0.4, 0.5) is 0 Å². The molecule has 1 aromatic heterocycles. The molecule has 0 fully saturated rings. The first-order valence-corrected chi connectivity index (χ1v) is 11.4. The first-order valence-electron chi connectivity index (χ1n) is 11.4. The fourth-order valence-electron chi connectivity index (χ4n) is 3.61. The number of quaternary nitrogens is 1. The molecule has 1 rings (SSSR count). The highest BCUT2D eigenvalue weighted by Gasteiger charge is 2.24. The zero-order valence-electron chi connectivity index (χ0n) is 19.7. The van der Waals surface area contributed by atoms with Crippen LogP contribution in [-0.4, -0.2) is 55.3 Å². The maximum Gasteiger partial charge on any atom is 0.307 e. The summed E-state index contributed by atoms with van der Waals surface area (Å²) in [6, 6.07) is 2.14. The summed E-state index contributed by atoms with van der Waals surface area (Å²) in [4.78, 5) is 23.2. The number of hydrogen-bond acceptors (Lipinski definition) is 4. The normalized spacial score (nSPS) is 12.7. The number of unbranched alkanes of at least 4 members (excludes halogenated alkanes) is 5. The molecule has 30 heavy (non-hydrogen) atoms. The summed E-state index contributed by atoms with van der Waals surface area (Å²) in [6.07, 6.45) is 9.18. The molecule has 0 bridgehead atoms. The Labute approximate surface area is 182 Å². The highest BCUT2D eigenvalue weighted by atomic mass is 16.5. The van der Waals surface area contributed by atoms with E-state index in [1.165, 1.54) is 37.7 Å². The smallest absolute Gasteiger partial charge is 0.307 e. The van der Waals surface area contributed by atoms with E-state index in [1.54, 1.807) is 0 Å². The number of furan rings is 1. The van der Waals surface area contributed by atoms with Gasteiger partial charge < -0.3 is 18.7 Å². The Kier molecular flexibility index (Phi) is 11.8. The number of carbonyl (C=O) groups excluding carboxylic acids is 1. The molecule has 6 heteroatoms. The Morgan fingerprint density at radius 1 is 1.07 bits per heavy atom. The summed E-state index contributed by atoms with van der Waals surface area (Å²) >= 11 is 0. The van der Waals surface area contributed by atoms with Crippen molar-refractivity contribution in [1.82, 2.24) is 0 Å². The average molecular weight is 425 g/mol. The van der Waals surface area contributed by atoms with Crippen LogP contribution in [0.3, 0.4) is 0 Å². The van der Waals surface area contributed by atoms with Gasteiger partial charge in [-0.1, -0.05) is 32.6 Å². The van der Waals surface area contributed by atoms with Gasteiger partial charge in [0.1, 0.15) is 18.1 Å². The first-order chi connectivity index (χ1) is 14.1. The lowest BCUT2D eigenvalue weighted by molar-refractivity contribution is -0.873. The third kappa shape index (κ3) is 12.0. The number of carbonyl (C=O) groups is 2. The molecule has 1 N–H and O–H groups in total. The number of carboxylic acid groups (broad SMARTS) is 1. The highest BCUT2D eigenvalue weighted by Crippen LogP contribution is 2.20. The first kappa shape index (κ1) is 26.2. The lowest BCUT2D eigenvalue weighted by Gasteiger charge is -2.28. The Morgan fingerprint density at radius 2 is 1.73 bits per heavy atom. The molecule has 0 aromatic carbocycles. The Bertz CT molecular complexity index is 645. The molecule has 6 nitrogen and oxygen atoms in total. The van der Waals surface area contributed by atoms with Crippen molar-refractivity contribution >= 4 is 11.9 Å². The number of rotatable bonds is 16. The molecule has 1 unspecified atom stereocenters. The van der Waals surface area contributed by atoms with Crippen molar-refractivity contribution in [2.45, 2.75) is 90.6 Å². The van der Waals surface area contributed by atoms with Gasteiger partial charge >= 0.3 is 11.9 Å². The van der Waals surface area contributed by atoms with Crippen LogP contribution < -0.4 is 0 Å². The largest absolute Gasteiger partial charge is 0.481 e. The molecular formula is C24H42NO5+. The van der Waals surface area contributed by atoms with Gasteiger partial charge in [0.2, 0.25) is 0 Å². The summed E-state index contributed by atoms with van der Waals surface area (Å²) in [6.45, 7) is 4.78. The van der Waals surface area contributed by atoms with Gasteiger partial charge in [0, 0.05) is 19.3 Å². The molecule has 1 aromatic rings. The van der Waals surface area contributed by atoms with Gasteiger partial charge in [0.05, 0.1) is 27.6 Å². The van der Waals surface area contributed by atoms with Gasteiger partial charge in [0.25, 0.3) is 0 Å². The molecule has 0 saturated heterocycles. The van der Waals surface area contributed by atoms with Gasteiger partial charge in [0.15, 0.2) is 6.10 Å². The number of hydrogen-bond donors (Lipinski definition) is 1. The van der Waals surface area contributed by atoms with E-state index in [-0.39, 0.29) is 12.4 Å². The number of nitrogens with zero attached hydrogens (tertiary/aromatic N) is 1. The molecule has 1 heterocycles. The number of esters is 1. The number of aliphatic carboxylic acids is 1. The SMILES string of the molecule is CCCCCCCc1cc(C)c(CCCCC(=O)OC(CC(=O)O)C[N+](C)(C)C)o1. The van der Waals surface area contributed by atoms with Gasteiger partial charge in [-0.15, -0.1) is 0 Å². The van der Waals surface area contributed by atoms with Crippen LogP contribution >= 0.6 is 0 Å². The van der Waals surface area contributed by atoms with Crippen LogP contribution in [0.1, 0.15) is 81.8 Å². The van der Waals surface area contributed by atoms with E-state index < -0.39 is 12.1 Å². The molecule has 0 aliphatic carbocycles. The Morgan fingerprint density at radius 3 is 2.37 bits per heavy atom. The summed E-state index contributed by atoms with van der Waals surface area (Å²) in [7, 11) is 5.86. The molecule has 1 atom stereocenters. The monoisotopic (exact) mass is 424 g/mol. The van der Waals surface area contributed by atoms with Gasteiger partial charge in [-0.2, -0.15) is 0 Å². The van der Waals surface area contributed by atoms with Gasteiger partial charge in [-0.3, -0.25) is 9.59 Å². The molecule has 0 radical (unpaired) electrons. The second-order valence-electron chi connectivity index (χ2n) is 9.37. The fourth-order valence-corrected chi connectivity index (χ4v) is 3.61.